The average molecular weight is 379 g/mol. The highest BCUT2D eigenvalue weighted by Crippen LogP contribution is 2.29. The van der Waals surface area contributed by atoms with Gasteiger partial charge < -0.3 is 14.6 Å². The van der Waals surface area contributed by atoms with Crippen molar-refractivity contribution in [1.82, 2.24) is 25.1 Å². The Morgan fingerprint density at radius 2 is 2.00 bits per heavy atom. The normalized spacial score (nSPS) is 15.0. The number of nitrogens with zero attached hydrogens (tertiary/aromatic N) is 3. The van der Waals surface area contributed by atoms with E-state index in [0.29, 0.717) is 29.0 Å². The number of H-pyrrole nitrogens is 2. The summed E-state index contributed by atoms with van der Waals surface area (Å²) in [5.74, 6) is 1.03. The van der Waals surface area contributed by atoms with E-state index in [0.717, 1.165) is 29.7 Å². The van der Waals surface area contributed by atoms with E-state index in [1.54, 1.807) is 12.1 Å². The zero-order valence-electron chi connectivity index (χ0n) is 15.5. The van der Waals surface area contributed by atoms with Gasteiger partial charge in [0, 0.05) is 12.6 Å². The fraction of sp³-hybridized carbons (Fsp3) is 0.333. The van der Waals surface area contributed by atoms with Crippen molar-refractivity contribution in [3.05, 3.63) is 42.2 Å². The Labute approximate surface area is 161 Å². The molecule has 3 heterocycles. The van der Waals surface area contributed by atoms with Crippen LogP contribution < -0.4 is 4.74 Å². The van der Waals surface area contributed by atoms with Crippen LogP contribution in [-0.4, -0.2) is 51.3 Å². The largest absolute Gasteiger partial charge is 0.493 e. The van der Waals surface area contributed by atoms with E-state index in [2.05, 4.69) is 25.1 Å². The average Bonchev–Trinajstić information content (AvgIpc) is 3.43. The molecule has 2 aromatic carbocycles. The topological polar surface area (TPSA) is 69.8 Å². The van der Waals surface area contributed by atoms with Crippen molar-refractivity contribution >= 4 is 21.9 Å². The molecule has 0 radical (unpaired) electrons. The molecule has 0 spiro atoms. The number of hydrogen-bond acceptors (Lipinski definition) is 4. The summed E-state index contributed by atoms with van der Waals surface area (Å²) in [6.45, 7) is 4.21. The maximum absolute atomic E-state index is 14.2. The molecule has 0 atom stereocenters. The number of benzene rings is 2. The molecular formula is C21H22FN5O. The lowest BCUT2D eigenvalue weighted by molar-refractivity contribution is 0.263. The number of halogens is 1. The first-order valence-corrected chi connectivity index (χ1v) is 9.76. The van der Waals surface area contributed by atoms with Gasteiger partial charge in [0.1, 0.15) is 17.3 Å². The molecule has 28 heavy (non-hydrogen) atoms. The minimum atomic E-state index is -0.316. The van der Waals surface area contributed by atoms with Gasteiger partial charge in [0.2, 0.25) is 0 Å². The van der Waals surface area contributed by atoms with Gasteiger partial charge in [0.25, 0.3) is 0 Å². The van der Waals surface area contributed by atoms with Crippen LogP contribution in [0.1, 0.15) is 19.3 Å². The highest BCUT2D eigenvalue weighted by atomic mass is 19.1. The molecule has 0 saturated carbocycles. The molecular weight excluding hydrogens is 357 g/mol. The molecule has 2 aromatic heterocycles. The molecule has 0 amide bonds. The zero-order chi connectivity index (χ0) is 18.9. The lowest BCUT2D eigenvalue weighted by Crippen LogP contribution is -2.21. The van der Waals surface area contributed by atoms with Crippen molar-refractivity contribution in [3.63, 3.8) is 0 Å². The number of imidazole rings is 1. The van der Waals surface area contributed by atoms with Gasteiger partial charge in [0.15, 0.2) is 5.82 Å². The summed E-state index contributed by atoms with van der Waals surface area (Å²) >= 11 is 0. The molecule has 0 unspecified atom stereocenters. The third-order valence-electron chi connectivity index (χ3n) is 5.30. The predicted octanol–water partition coefficient (Wildman–Crippen LogP) is 4.11. The van der Waals surface area contributed by atoms with Crippen molar-refractivity contribution in [2.24, 2.45) is 0 Å². The maximum atomic E-state index is 14.2. The molecule has 7 heteroatoms. The van der Waals surface area contributed by atoms with Crippen LogP contribution in [0.15, 0.2) is 36.4 Å². The van der Waals surface area contributed by atoms with Gasteiger partial charge in [-0.1, -0.05) is 6.07 Å². The molecule has 5 rings (SSSR count). The Morgan fingerprint density at radius 1 is 1.11 bits per heavy atom. The number of rotatable bonds is 6. The molecule has 1 aliphatic rings. The van der Waals surface area contributed by atoms with E-state index in [1.165, 1.54) is 32.0 Å². The van der Waals surface area contributed by atoms with Crippen LogP contribution in [-0.2, 0) is 0 Å². The second-order valence-corrected chi connectivity index (χ2v) is 7.25. The summed E-state index contributed by atoms with van der Waals surface area (Å²) < 4.78 is 20.2. The molecule has 1 saturated heterocycles. The minimum absolute atomic E-state index is 0.316. The highest BCUT2D eigenvalue weighted by Gasteiger charge is 2.16. The molecule has 1 aliphatic heterocycles. The molecule has 6 nitrogen and oxygen atoms in total. The van der Waals surface area contributed by atoms with Crippen LogP contribution in [0.5, 0.6) is 5.75 Å². The summed E-state index contributed by atoms with van der Waals surface area (Å²) in [4.78, 5) is 10.3. The number of hydrogen-bond donors (Lipinski definition) is 2. The Kier molecular flexibility index (Phi) is 4.44. The Hall–Kier alpha value is -2.93. The van der Waals surface area contributed by atoms with Crippen LogP contribution in [0.25, 0.3) is 33.5 Å². The Morgan fingerprint density at radius 3 is 2.89 bits per heavy atom. The quantitative estimate of drug-likeness (QED) is 0.495. The second-order valence-electron chi connectivity index (χ2n) is 7.25. The Balaban J connectivity index is 1.33. The van der Waals surface area contributed by atoms with Gasteiger partial charge in [-0.2, -0.15) is 5.10 Å². The fourth-order valence-electron chi connectivity index (χ4n) is 3.88. The van der Waals surface area contributed by atoms with E-state index in [9.17, 15) is 4.39 Å². The number of fused-ring (bicyclic) bond motifs is 2. The smallest absolute Gasteiger partial charge is 0.159 e. The van der Waals surface area contributed by atoms with Crippen LogP contribution in [0.4, 0.5) is 4.39 Å². The second kappa shape index (κ2) is 7.24. The van der Waals surface area contributed by atoms with E-state index in [1.807, 2.05) is 18.2 Å². The predicted molar refractivity (Wildman–Crippen MR) is 107 cm³/mol. The number of ether oxygens (including phenoxy) is 1. The fourth-order valence-corrected chi connectivity index (χ4v) is 3.88. The van der Waals surface area contributed by atoms with Crippen molar-refractivity contribution in [2.45, 2.75) is 19.3 Å². The van der Waals surface area contributed by atoms with Gasteiger partial charge in [-0.05, 0) is 56.6 Å². The Bertz CT molecular complexity index is 1110. The van der Waals surface area contributed by atoms with Crippen LogP contribution >= 0.6 is 0 Å². The van der Waals surface area contributed by atoms with Crippen molar-refractivity contribution in [1.29, 1.82) is 0 Å². The number of nitrogens with one attached hydrogen (secondary N) is 2. The number of aromatic amines is 2. The maximum Gasteiger partial charge on any atom is 0.159 e. The van der Waals surface area contributed by atoms with Crippen molar-refractivity contribution in [2.75, 3.05) is 26.2 Å². The monoisotopic (exact) mass is 379 g/mol. The van der Waals surface area contributed by atoms with Gasteiger partial charge in [-0.25, -0.2) is 9.37 Å². The molecule has 0 bridgehead atoms. The molecule has 1 fully saturated rings. The molecule has 4 aromatic rings. The summed E-state index contributed by atoms with van der Waals surface area (Å²) in [5.41, 5.74) is 2.78. The van der Waals surface area contributed by atoms with Crippen LogP contribution in [0, 0.1) is 5.82 Å². The third-order valence-corrected chi connectivity index (χ3v) is 5.30. The molecule has 2 N–H and O–H groups in total. The van der Waals surface area contributed by atoms with Crippen LogP contribution in [0.3, 0.4) is 0 Å². The first-order valence-electron chi connectivity index (χ1n) is 9.76. The lowest BCUT2D eigenvalue weighted by Gasteiger charge is -2.14. The summed E-state index contributed by atoms with van der Waals surface area (Å²) in [5, 5.41) is 7.55. The van der Waals surface area contributed by atoms with Gasteiger partial charge >= 0.3 is 0 Å². The SMILES string of the molecule is Fc1cccc2[nH]nc(-c3nc4ccc(OCCCN5CCCC5)cc4[nH]3)c12. The molecule has 144 valence electrons. The minimum Gasteiger partial charge on any atom is -0.493 e. The van der Waals surface area contributed by atoms with E-state index in [-0.39, 0.29) is 5.82 Å². The summed E-state index contributed by atoms with van der Waals surface area (Å²) in [7, 11) is 0. The summed E-state index contributed by atoms with van der Waals surface area (Å²) in [6.07, 6.45) is 3.65. The highest BCUT2D eigenvalue weighted by molar-refractivity contribution is 5.93. The third kappa shape index (κ3) is 3.22. The molecule has 0 aliphatic carbocycles. The van der Waals surface area contributed by atoms with Crippen molar-refractivity contribution in [3.8, 4) is 17.3 Å². The zero-order valence-corrected chi connectivity index (χ0v) is 15.5. The van der Waals surface area contributed by atoms with Gasteiger partial charge in [-0.15, -0.1) is 0 Å². The van der Waals surface area contributed by atoms with Gasteiger partial charge in [0.05, 0.1) is 28.5 Å². The van der Waals surface area contributed by atoms with Gasteiger partial charge in [-0.3, -0.25) is 5.10 Å². The van der Waals surface area contributed by atoms with E-state index in [4.69, 9.17) is 4.74 Å². The lowest BCUT2D eigenvalue weighted by atomic mass is 10.2. The number of aromatic nitrogens is 4. The van der Waals surface area contributed by atoms with E-state index < -0.39 is 0 Å². The number of likely N-dealkylation sites (tertiary alicyclic amines) is 1. The van der Waals surface area contributed by atoms with Crippen LogP contribution in [0.2, 0.25) is 0 Å². The standard InChI is InChI=1S/C21H22FN5O/c22-15-5-3-6-17-19(15)20(26-25-17)21-23-16-8-7-14(13-18(16)24-21)28-12-4-11-27-9-1-2-10-27/h3,5-8,13H,1-2,4,9-12H2,(H,23,24)(H,25,26). The first-order chi connectivity index (χ1) is 13.8. The van der Waals surface area contributed by atoms with Crippen molar-refractivity contribution < 1.29 is 9.13 Å². The van der Waals surface area contributed by atoms with E-state index >= 15 is 0 Å². The summed E-state index contributed by atoms with van der Waals surface area (Å²) in [6, 6.07) is 10.7. The first kappa shape index (κ1) is 17.2.